The first-order valence-electron chi connectivity index (χ1n) is 20.1. The number of carbonyl (C=O) groups is 1. The molecule has 0 aliphatic rings. The minimum Gasteiger partial charge on any atom is -0.512 e. The SMILES string of the molecule is CCC(CC)C(=O)/C=C(\O)C(CC)CC.Cc1cc([Si](C)(C)c2ccccc2)cc(C)c1-c1cc2ccnc(-c3[c-]c4ccccc4c(C(C)(C)C)c3)c2s1.[Ir]. The molecule has 0 aliphatic heterocycles. The average molecular weight is 959 g/mol. The van der Waals surface area contributed by atoms with E-state index < -0.39 is 8.07 Å². The van der Waals surface area contributed by atoms with Crippen molar-refractivity contribution >= 4 is 56.4 Å². The van der Waals surface area contributed by atoms with Gasteiger partial charge in [0.1, 0.15) is 8.07 Å². The van der Waals surface area contributed by atoms with Crippen molar-refractivity contribution in [3.05, 3.63) is 126 Å². The van der Waals surface area contributed by atoms with Crippen LogP contribution in [-0.2, 0) is 30.3 Å². The van der Waals surface area contributed by atoms with E-state index in [4.69, 9.17) is 4.98 Å². The van der Waals surface area contributed by atoms with Crippen molar-refractivity contribution in [2.24, 2.45) is 11.8 Å². The fourth-order valence-electron chi connectivity index (χ4n) is 7.77. The molecule has 1 N–H and O–H groups in total. The second kappa shape index (κ2) is 19.2. The van der Waals surface area contributed by atoms with Crippen LogP contribution in [0.15, 0.2) is 103 Å². The molecular formula is C50H60IrNO2SSi-. The third-order valence-corrected chi connectivity index (χ3v) is 16.0. The van der Waals surface area contributed by atoms with Gasteiger partial charge in [-0.1, -0.05) is 144 Å². The van der Waals surface area contributed by atoms with Crippen LogP contribution in [0.25, 0.3) is 42.6 Å². The maximum Gasteiger partial charge on any atom is 0.162 e. The molecule has 2 aromatic heterocycles. The molecule has 6 aromatic rings. The Labute approximate surface area is 355 Å². The number of hydrogen-bond donors (Lipinski definition) is 1. The first kappa shape index (κ1) is 45.0. The number of carbonyl (C=O) groups excluding carboxylic acids is 1. The molecule has 0 amide bonds. The van der Waals surface area contributed by atoms with Gasteiger partial charge in [-0.3, -0.25) is 9.78 Å². The Morgan fingerprint density at radius 2 is 1.41 bits per heavy atom. The zero-order valence-electron chi connectivity index (χ0n) is 35.3. The van der Waals surface area contributed by atoms with Crippen LogP contribution in [0, 0.1) is 31.7 Å². The number of fused-ring (bicyclic) bond motifs is 2. The van der Waals surface area contributed by atoms with Gasteiger partial charge in [-0.15, -0.1) is 40.5 Å². The Hall–Kier alpha value is -3.67. The van der Waals surface area contributed by atoms with Crippen molar-refractivity contribution in [3.8, 4) is 21.7 Å². The molecule has 0 spiro atoms. The van der Waals surface area contributed by atoms with E-state index in [0.29, 0.717) is 0 Å². The summed E-state index contributed by atoms with van der Waals surface area (Å²) >= 11 is 1.86. The number of thiophene rings is 1. The molecule has 0 bridgehead atoms. The molecule has 2 heterocycles. The Bertz CT molecular complexity index is 2270. The second-order valence-electron chi connectivity index (χ2n) is 16.6. The molecule has 56 heavy (non-hydrogen) atoms. The molecule has 0 fully saturated rings. The van der Waals surface area contributed by atoms with Gasteiger partial charge in [0.15, 0.2) is 5.78 Å². The zero-order chi connectivity index (χ0) is 40.1. The fraction of sp³-hybridized carbons (Fsp3) is 0.360. The predicted molar refractivity (Wildman–Crippen MR) is 242 cm³/mol. The topological polar surface area (TPSA) is 50.2 Å². The molecule has 3 nitrogen and oxygen atoms in total. The van der Waals surface area contributed by atoms with Crippen LogP contribution in [0.3, 0.4) is 0 Å². The quantitative estimate of drug-likeness (QED) is 0.0609. The van der Waals surface area contributed by atoms with E-state index in [0.717, 1.165) is 42.3 Å². The number of aliphatic hydroxyl groups is 1. The summed E-state index contributed by atoms with van der Waals surface area (Å²) < 4.78 is 1.23. The molecule has 0 saturated heterocycles. The van der Waals surface area contributed by atoms with Crippen molar-refractivity contribution in [3.63, 3.8) is 0 Å². The molecular weight excluding hydrogens is 899 g/mol. The number of aliphatic hydroxyl groups excluding tert-OH is 1. The molecule has 6 heteroatoms. The van der Waals surface area contributed by atoms with Gasteiger partial charge in [0, 0.05) is 59.5 Å². The minimum atomic E-state index is -1.78. The summed E-state index contributed by atoms with van der Waals surface area (Å²) in [6.07, 6.45) is 6.86. The summed E-state index contributed by atoms with van der Waals surface area (Å²) in [6.45, 7) is 24.4. The summed E-state index contributed by atoms with van der Waals surface area (Å²) in [4.78, 5) is 17.9. The molecule has 4 aromatic carbocycles. The van der Waals surface area contributed by atoms with Crippen molar-refractivity contribution in [1.29, 1.82) is 0 Å². The van der Waals surface area contributed by atoms with Crippen LogP contribution in [0.4, 0.5) is 0 Å². The van der Waals surface area contributed by atoms with E-state index in [1.807, 2.05) is 45.2 Å². The first-order valence-corrected chi connectivity index (χ1v) is 23.9. The van der Waals surface area contributed by atoms with E-state index >= 15 is 0 Å². The maximum absolute atomic E-state index is 11.7. The van der Waals surface area contributed by atoms with Gasteiger partial charge in [-0.05, 0) is 79.2 Å². The summed E-state index contributed by atoms with van der Waals surface area (Å²) in [5.74, 6) is 0.547. The molecule has 0 saturated carbocycles. The summed E-state index contributed by atoms with van der Waals surface area (Å²) in [7, 11) is -1.78. The summed E-state index contributed by atoms with van der Waals surface area (Å²) in [6, 6.07) is 35.0. The molecule has 0 unspecified atom stereocenters. The third kappa shape index (κ3) is 9.88. The number of nitrogens with zero attached hydrogens (tertiary/aromatic N) is 1. The van der Waals surface area contributed by atoms with E-state index in [1.165, 1.54) is 59.1 Å². The van der Waals surface area contributed by atoms with Gasteiger partial charge < -0.3 is 5.11 Å². The third-order valence-electron chi connectivity index (χ3n) is 11.4. The Morgan fingerprint density at radius 1 is 0.821 bits per heavy atom. The van der Waals surface area contributed by atoms with Crippen LogP contribution < -0.4 is 10.4 Å². The Balaban J connectivity index is 0.000000372. The number of benzene rings is 4. The van der Waals surface area contributed by atoms with E-state index in [9.17, 15) is 9.90 Å². The smallest absolute Gasteiger partial charge is 0.162 e. The Morgan fingerprint density at radius 3 is 2.00 bits per heavy atom. The van der Waals surface area contributed by atoms with Gasteiger partial charge >= 0.3 is 0 Å². The monoisotopic (exact) mass is 959 g/mol. The van der Waals surface area contributed by atoms with Crippen LogP contribution in [0.2, 0.25) is 13.1 Å². The number of aromatic nitrogens is 1. The van der Waals surface area contributed by atoms with Gasteiger partial charge in [-0.2, -0.15) is 0 Å². The number of pyridine rings is 1. The van der Waals surface area contributed by atoms with Gasteiger partial charge in [0.05, 0.1) is 5.76 Å². The normalized spacial score (nSPS) is 12.2. The number of aryl methyl sites for hydroxylation is 2. The number of rotatable bonds is 11. The van der Waals surface area contributed by atoms with Crippen molar-refractivity contribution in [2.45, 2.75) is 107 Å². The fourth-order valence-corrected chi connectivity index (χ4v) is 11.6. The standard InChI is InChI=1S/C37H36NSSi.C13H24O2.Ir/c1-24-19-30(40(6,7)29-14-9-8-10-15-29)20-25(2)34(24)33-23-27-17-18-38-35(36(27)39-33)28-21-26-13-11-12-16-31(26)32(22-28)37(3,4)5;1-5-10(6-2)12(14)9-13(15)11(7-3)8-4;/h8-20,22-23H,1-7H3;9-11,14H,5-8H2,1-4H3;/q-1;;/b;12-9-;. The minimum absolute atomic E-state index is 0. The number of allylic oxidation sites excluding steroid dienone is 2. The molecule has 297 valence electrons. The first-order chi connectivity index (χ1) is 26.1. The van der Waals surface area contributed by atoms with Gasteiger partial charge in [-0.25, -0.2) is 0 Å². The average Bonchev–Trinajstić information content (AvgIpc) is 3.59. The molecule has 1 radical (unpaired) electrons. The zero-order valence-corrected chi connectivity index (χ0v) is 39.5. The largest absolute Gasteiger partial charge is 0.512 e. The van der Waals surface area contributed by atoms with Gasteiger partial charge in [0.25, 0.3) is 0 Å². The summed E-state index contributed by atoms with van der Waals surface area (Å²) in [5.41, 5.74) is 7.49. The van der Waals surface area contributed by atoms with E-state index in [1.54, 1.807) is 0 Å². The maximum atomic E-state index is 11.7. The van der Waals surface area contributed by atoms with E-state index in [2.05, 4.69) is 139 Å². The van der Waals surface area contributed by atoms with Crippen molar-refractivity contribution in [2.75, 3.05) is 0 Å². The van der Waals surface area contributed by atoms with Crippen LogP contribution in [0.5, 0.6) is 0 Å². The number of hydrogen-bond acceptors (Lipinski definition) is 4. The van der Waals surface area contributed by atoms with Gasteiger partial charge in [0.2, 0.25) is 0 Å². The van der Waals surface area contributed by atoms with Crippen LogP contribution in [-0.4, -0.2) is 23.9 Å². The molecule has 6 rings (SSSR count). The van der Waals surface area contributed by atoms with E-state index in [-0.39, 0.29) is 48.9 Å². The summed E-state index contributed by atoms with van der Waals surface area (Å²) in [5, 5.41) is 16.4. The predicted octanol–water partition coefficient (Wildman–Crippen LogP) is 13.2. The second-order valence-corrected chi connectivity index (χ2v) is 22.0. The number of ketones is 1. The van der Waals surface area contributed by atoms with Crippen LogP contribution in [0.1, 0.15) is 90.8 Å². The molecule has 0 aliphatic carbocycles. The Kier molecular flexibility index (Phi) is 15.4. The van der Waals surface area contributed by atoms with Crippen LogP contribution >= 0.6 is 11.3 Å². The van der Waals surface area contributed by atoms with Crippen molar-refractivity contribution in [1.82, 2.24) is 4.98 Å². The molecule has 0 atom stereocenters. The van der Waals surface area contributed by atoms with Crippen molar-refractivity contribution < 1.29 is 30.0 Å².